The molecule has 7 atom stereocenters. The van der Waals surface area contributed by atoms with Gasteiger partial charge in [0, 0.05) is 16.1 Å². The van der Waals surface area contributed by atoms with Gasteiger partial charge in [0.15, 0.2) is 0 Å². The summed E-state index contributed by atoms with van der Waals surface area (Å²) in [6.07, 6.45) is 0.959. The minimum Gasteiger partial charge on any atom is -0.497 e. The average Bonchev–Trinajstić information content (AvgIpc) is 3.58. The SMILES string of the molecule is C=C1NC2=C(S1)[C@@H](c1ccccc1)[C@@H]1[C@@H]3C[C@H]([C@@H]1S2)[C@@H]1C(=O)N(c2ccc(OC)cc2)C(=O)[C@H]31. The Kier molecular flexibility index (Phi) is 4.52. The van der Waals surface area contributed by atoms with E-state index in [9.17, 15) is 9.59 Å². The van der Waals surface area contributed by atoms with E-state index < -0.39 is 0 Å². The Hall–Kier alpha value is -2.64. The highest BCUT2D eigenvalue weighted by Gasteiger charge is 2.69. The standard InChI is InChI=1S/C27H24N2O3S2/c1-13-28-25-24(33-13)19(14-6-4-3-5-7-14)20-17-12-18(23(20)34-25)22-21(17)26(30)29(27(22)31)15-8-10-16(32-2)11-9-15/h3-11,17-23,28H,1,12H2,2H3/t17-,18-,19-,20-,21+,22-,23-/m0/s1. The zero-order chi connectivity index (χ0) is 23.1. The lowest BCUT2D eigenvalue weighted by Crippen LogP contribution is -2.43. The second kappa shape index (κ2) is 7.43. The monoisotopic (exact) mass is 488 g/mol. The van der Waals surface area contributed by atoms with Crippen molar-refractivity contribution in [1.29, 1.82) is 0 Å². The normalized spacial score (nSPS) is 35.4. The molecule has 1 N–H and O–H groups in total. The third-order valence-corrected chi connectivity index (χ3v) is 10.9. The highest BCUT2D eigenvalue weighted by Crippen LogP contribution is 2.70. The lowest BCUT2D eigenvalue weighted by molar-refractivity contribution is -0.123. The largest absolute Gasteiger partial charge is 0.497 e. The predicted molar refractivity (Wildman–Crippen MR) is 135 cm³/mol. The third kappa shape index (κ3) is 2.71. The molecule has 0 spiro atoms. The smallest absolute Gasteiger partial charge is 0.238 e. The van der Waals surface area contributed by atoms with E-state index in [-0.39, 0.29) is 41.4 Å². The fourth-order valence-corrected chi connectivity index (χ4v) is 10.1. The molecule has 5 aliphatic rings. The number of benzene rings is 2. The molecule has 2 amide bonds. The predicted octanol–water partition coefficient (Wildman–Crippen LogP) is 4.94. The van der Waals surface area contributed by atoms with Crippen LogP contribution in [0.4, 0.5) is 5.69 Å². The summed E-state index contributed by atoms with van der Waals surface area (Å²) < 4.78 is 5.26. The Morgan fingerprint density at radius 1 is 1.00 bits per heavy atom. The van der Waals surface area contributed by atoms with Gasteiger partial charge in [-0.15, -0.1) is 11.8 Å². The van der Waals surface area contributed by atoms with Gasteiger partial charge in [0.25, 0.3) is 0 Å². The first-order valence-electron chi connectivity index (χ1n) is 11.7. The highest BCUT2D eigenvalue weighted by atomic mass is 32.2. The van der Waals surface area contributed by atoms with E-state index in [2.05, 4.69) is 42.2 Å². The third-order valence-electron chi connectivity index (χ3n) is 8.28. The molecule has 7 heteroatoms. The van der Waals surface area contributed by atoms with E-state index in [4.69, 9.17) is 4.74 Å². The molecule has 0 aromatic heterocycles. The Balaban J connectivity index is 1.28. The number of anilines is 1. The second-order valence-electron chi connectivity index (χ2n) is 9.72. The van der Waals surface area contributed by atoms with Crippen LogP contribution in [0, 0.1) is 29.6 Å². The summed E-state index contributed by atoms with van der Waals surface area (Å²) in [7, 11) is 1.61. The van der Waals surface area contributed by atoms with Gasteiger partial charge in [-0.05, 0) is 54.0 Å². The number of carbonyl (C=O) groups excluding carboxylic acids is 2. The first kappa shape index (κ1) is 20.7. The van der Waals surface area contributed by atoms with Gasteiger partial charge in [-0.3, -0.25) is 14.5 Å². The quantitative estimate of drug-likeness (QED) is 0.618. The Labute approximate surface area is 207 Å². The van der Waals surface area contributed by atoms with Crippen LogP contribution in [-0.2, 0) is 9.59 Å². The highest BCUT2D eigenvalue weighted by molar-refractivity contribution is 8.10. The molecule has 2 bridgehead atoms. The molecule has 172 valence electrons. The first-order chi connectivity index (χ1) is 16.6. The lowest BCUT2D eigenvalue weighted by Gasteiger charge is -2.43. The van der Waals surface area contributed by atoms with E-state index in [0.717, 1.165) is 11.4 Å². The Morgan fingerprint density at radius 3 is 2.41 bits per heavy atom. The van der Waals surface area contributed by atoms with Crippen molar-refractivity contribution in [2.75, 3.05) is 12.0 Å². The molecular weight excluding hydrogens is 464 g/mol. The molecule has 1 saturated heterocycles. The molecule has 3 aliphatic heterocycles. The van der Waals surface area contributed by atoms with Crippen LogP contribution in [0.3, 0.4) is 0 Å². The van der Waals surface area contributed by atoms with Crippen LogP contribution >= 0.6 is 23.5 Å². The molecule has 2 aromatic rings. The molecule has 34 heavy (non-hydrogen) atoms. The van der Waals surface area contributed by atoms with Crippen molar-refractivity contribution in [2.45, 2.75) is 17.6 Å². The number of nitrogens with one attached hydrogen (secondary N) is 1. The number of fused-ring (bicyclic) bond motifs is 8. The minimum atomic E-state index is -0.225. The maximum Gasteiger partial charge on any atom is 0.238 e. The van der Waals surface area contributed by atoms with Crippen molar-refractivity contribution in [2.24, 2.45) is 29.6 Å². The summed E-state index contributed by atoms with van der Waals surface area (Å²) in [5.41, 5.74) is 1.94. The van der Waals surface area contributed by atoms with E-state index >= 15 is 0 Å². The van der Waals surface area contributed by atoms with Gasteiger partial charge >= 0.3 is 0 Å². The van der Waals surface area contributed by atoms with Crippen molar-refractivity contribution in [3.63, 3.8) is 0 Å². The summed E-state index contributed by atoms with van der Waals surface area (Å²) >= 11 is 3.62. The van der Waals surface area contributed by atoms with Crippen LogP contribution in [0.1, 0.15) is 17.9 Å². The fourth-order valence-electron chi connectivity index (χ4n) is 7.10. The zero-order valence-electron chi connectivity index (χ0n) is 18.6. The fraction of sp³-hybridized carbons (Fsp3) is 0.333. The number of nitrogens with zero attached hydrogens (tertiary/aromatic N) is 1. The van der Waals surface area contributed by atoms with Crippen molar-refractivity contribution < 1.29 is 14.3 Å². The molecule has 7 rings (SSSR count). The number of ether oxygens (including phenoxy) is 1. The number of hydrogen-bond donors (Lipinski definition) is 1. The summed E-state index contributed by atoms with van der Waals surface area (Å²) in [5, 5.41) is 5.97. The van der Waals surface area contributed by atoms with E-state index in [1.54, 1.807) is 18.9 Å². The maximum atomic E-state index is 13.8. The number of imide groups is 1. The van der Waals surface area contributed by atoms with Crippen LogP contribution in [0.5, 0.6) is 5.75 Å². The number of allylic oxidation sites excluding steroid dienone is 1. The zero-order valence-corrected chi connectivity index (χ0v) is 20.3. The lowest BCUT2D eigenvalue weighted by atomic mass is 9.68. The van der Waals surface area contributed by atoms with Gasteiger partial charge in [-0.25, -0.2) is 0 Å². The molecule has 3 heterocycles. The number of methoxy groups -OCH3 is 1. The van der Waals surface area contributed by atoms with E-state index in [0.29, 0.717) is 22.6 Å². The van der Waals surface area contributed by atoms with Gasteiger partial charge in [0.2, 0.25) is 11.8 Å². The molecular formula is C27H24N2O3S2. The molecule has 0 unspecified atom stereocenters. The number of carbonyl (C=O) groups is 2. The molecule has 2 aliphatic carbocycles. The van der Waals surface area contributed by atoms with Crippen molar-refractivity contribution in [1.82, 2.24) is 5.32 Å². The van der Waals surface area contributed by atoms with Crippen molar-refractivity contribution in [3.05, 3.63) is 81.7 Å². The van der Waals surface area contributed by atoms with E-state index in [1.807, 2.05) is 36.0 Å². The Bertz CT molecular complexity index is 1260. The minimum absolute atomic E-state index is 0.0238. The van der Waals surface area contributed by atoms with Crippen molar-refractivity contribution >= 4 is 41.0 Å². The number of hydrogen-bond acceptors (Lipinski definition) is 6. The number of thioether (sulfide) groups is 2. The first-order valence-corrected chi connectivity index (χ1v) is 13.4. The summed E-state index contributed by atoms with van der Waals surface area (Å²) in [4.78, 5) is 30.2. The molecule has 2 saturated carbocycles. The molecule has 0 radical (unpaired) electrons. The average molecular weight is 489 g/mol. The van der Waals surface area contributed by atoms with Crippen LogP contribution in [0.15, 0.2) is 76.1 Å². The van der Waals surface area contributed by atoms with Gasteiger partial charge in [-0.1, -0.05) is 48.7 Å². The van der Waals surface area contributed by atoms with Crippen LogP contribution in [0.2, 0.25) is 0 Å². The molecule has 2 aromatic carbocycles. The topological polar surface area (TPSA) is 58.6 Å². The second-order valence-corrected chi connectivity index (χ2v) is 12.0. The van der Waals surface area contributed by atoms with Gasteiger partial charge in [0.05, 0.1) is 34.7 Å². The van der Waals surface area contributed by atoms with Crippen LogP contribution < -0.4 is 15.0 Å². The van der Waals surface area contributed by atoms with Gasteiger partial charge in [0.1, 0.15) is 5.75 Å². The molecule has 3 fully saturated rings. The summed E-state index contributed by atoms with van der Waals surface area (Å²) in [6, 6.07) is 17.9. The van der Waals surface area contributed by atoms with Crippen molar-refractivity contribution in [3.8, 4) is 5.75 Å². The van der Waals surface area contributed by atoms with Crippen LogP contribution in [0.25, 0.3) is 0 Å². The Morgan fingerprint density at radius 2 is 1.71 bits per heavy atom. The van der Waals surface area contributed by atoms with Crippen LogP contribution in [-0.4, -0.2) is 24.2 Å². The number of amides is 2. The van der Waals surface area contributed by atoms with Gasteiger partial charge in [-0.2, -0.15) is 0 Å². The summed E-state index contributed by atoms with van der Waals surface area (Å²) in [6.45, 7) is 4.16. The number of rotatable bonds is 3. The maximum absolute atomic E-state index is 13.8. The van der Waals surface area contributed by atoms with Gasteiger partial charge < -0.3 is 10.1 Å². The summed E-state index contributed by atoms with van der Waals surface area (Å²) in [5.74, 6) is 1.21. The molecule has 5 nitrogen and oxygen atoms in total. The van der Waals surface area contributed by atoms with E-state index in [1.165, 1.54) is 20.4 Å².